The highest BCUT2D eigenvalue weighted by atomic mass is 127. The van der Waals surface area contributed by atoms with Crippen LogP contribution in [0.4, 0.5) is 0 Å². The number of aromatic amines is 1. The lowest BCUT2D eigenvalue weighted by atomic mass is 9.94. The number of aromatic nitrogens is 1. The maximum atomic E-state index is 4.82. The van der Waals surface area contributed by atoms with E-state index in [1.165, 1.54) is 60.9 Å². The van der Waals surface area contributed by atoms with Crippen LogP contribution in [0.5, 0.6) is 0 Å². The molecule has 3 rings (SSSR count). The summed E-state index contributed by atoms with van der Waals surface area (Å²) in [5.41, 5.74) is 3.94. The number of H-pyrrole nitrogens is 1. The Balaban J connectivity index is 0.00000300. The number of hydrogen-bond acceptors (Lipinski definition) is 2. The van der Waals surface area contributed by atoms with E-state index in [1.54, 1.807) is 0 Å². The lowest BCUT2D eigenvalue weighted by Crippen LogP contribution is -2.38. The van der Waals surface area contributed by atoms with Crippen LogP contribution in [0.25, 0.3) is 10.9 Å². The molecule has 0 aliphatic carbocycles. The molecule has 2 heterocycles. The number of likely N-dealkylation sites (tertiary alicyclic amines) is 1. The van der Waals surface area contributed by atoms with E-state index in [0.717, 1.165) is 37.9 Å². The van der Waals surface area contributed by atoms with Crippen molar-refractivity contribution < 1.29 is 0 Å². The van der Waals surface area contributed by atoms with Gasteiger partial charge in [0.25, 0.3) is 0 Å². The normalized spacial score (nSPS) is 16.0. The minimum atomic E-state index is 0. The second-order valence-corrected chi connectivity index (χ2v) is 7.92. The van der Waals surface area contributed by atoms with Gasteiger partial charge in [0, 0.05) is 36.7 Å². The SMILES string of the molecule is CCNC(=NCCC1CCN(CC)CC1)NCCc1c[nH]c2cccc(C)c12.I. The molecule has 6 heteroatoms. The lowest BCUT2D eigenvalue weighted by Gasteiger charge is -2.30. The lowest BCUT2D eigenvalue weighted by molar-refractivity contribution is 0.188. The van der Waals surface area contributed by atoms with Gasteiger partial charge < -0.3 is 20.5 Å². The number of guanidine groups is 1. The van der Waals surface area contributed by atoms with E-state index in [0.29, 0.717) is 0 Å². The van der Waals surface area contributed by atoms with Crippen LogP contribution in [0.15, 0.2) is 29.4 Å². The number of nitrogens with zero attached hydrogens (tertiary/aromatic N) is 2. The predicted molar refractivity (Wildman–Crippen MR) is 136 cm³/mol. The standard InChI is InChI=1S/C23H37N5.HI/c1-4-24-23(25-13-9-19-11-15-28(5-2)16-12-19)26-14-10-20-17-27-21-8-6-7-18(3)22(20)21;/h6-8,17,19,27H,4-5,9-16H2,1-3H3,(H2,24,25,26);1H. The molecule has 1 aliphatic rings. The minimum Gasteiger partial charge on any atom is -0.361 e. The quantitative estimate of drug-likeness (QED) is 0.281. The number of benzene rings is 1. The van der Waals surface area contributed by atoms with Crippen LogP contribution in [-0.4, -0.2) is 55.1 Å². The average molecular weight is 511 g/mol. The van der Waals surface area contributed by atoms with Crippen LogP contribution < -0.4 is 10.6 Å². The second-order valence-electron chi connectivity index (χ2n) is 7.92. The smallest absolute Gasteiger partial charge is 0.191 e. The number of piperidine rings is 1. The summed E-state index contributed by atoms with van der Waals surface area (Å²) in [6.07, 6.45) is 6.99. The molecular weight excluding hydrogens is 473 g/mol. The minimum absolute atomic E-state index is 0. The van der Waals surface area contributed by atoms with Gasteiger partial charge in [-0.1, -0.05) is 19.1 Å². The molecule has 1 aromatic heterocycles. The van der Waals surface area contributed by atoms with Crippen molar-refractivity contribution >= 4 is 40.8 Å². The van der Waals surface area contributed by atoms with Crippen molar-refractivity contribution in [2.75, 3.05) is 39.3 Å². The number of aliphatic imine (C=N–C) groups is 1. The zero-order chi connectivity index (χ0) is 19.8. The largest absolute Gasteiger partial charge is 0.361 e. The first-order valence-electron chi connectivity index (χ1n) is 11.0. The van der Waals surface area contributed by atoms with Crippen molar-refractivity contribution in [2.24, 2.45) is 10.9 Å². The summed E-state index contributed by atoms with van der Waals surface area (Å²) in [5.74, 6) is 1.79. The van der Waals surface area contributed by atoms with Crippen molar-refractivity contribution in [3.05, 3.63) is 35.5 Å². The van der Waals surface area contributed by atoms with Gasteiger partial charge >= 0.3 is 0 Å². The Kier molecular flexibility index (Phi) is 10.3. The molecule has 0 saturated carbocycles. The number of hydrogen-bond donors (Lipinski definition) is 3. The molecule has 1 aromatic carbocycles. The molecule has 0 spiro atoms. The highest BCUT2D eigenvalue weighted by Crippen LogP contribution is 2.22. The maximum absolute atomic E-state index is 4.82. The van der Waals surface area contributed by atoms with Gasteiger partial charge in [-0.3, -0.25) is 4.99 Å². The summed E-state index contributed by atoms with van der Waals surface area (Å²) in [7, 11) is 0. The van der Waals surface area contributed by atoms with Crippen molar-refractivity contribution in [2.45, 2.75) is 46.5 Å². The maximum Gasteiger partial charge on any atom is 0.191 e. The van der Waals surface area contributed by atoms with E-state index in [-0.39, 0.29) is 24.0 Å². The monoisotopic (exact) mass is 511 g/mol. The molecule has 1 aliphatic heterocycles. The first-order valence-corrected chi connectivity index (χ1v) is 11.0. The Morgan fingerprint density at radius 1 is 1.21 bits per heavy atom. The molecule has 1 fully saturated rings. The molecule has 29 heavy (non-hydrogen) atoms. The molecular formula is C23H38IN5. The molecule has 0 bridgehead atoms. The average Bonchev–Trinajstić information content (AvgIpc) is 3.13. The number of halogens is 1. The van der Waals surface area contributed by atoms with E-state index in [9.17, 15) is 0 Å². The molecule has 1 saturated heterocycles. The Morgan fingerprint density at radius 2 is 2.00 bits per heavy atom. The highest BCUT2D eigenvalue weighted by Gasteiger charge is 2.17. The summed E-state index contributed by atoms with van der Waals surface area (Å²) >= 11 is 0. The van der Waals surface area contributed by atoms with Crippen molar-refractivity contribution in [3.8, 4) is 0 Å². The summed E-state index contributed by atoms with van der Waals surface area (Å²) in [6, 6.07) is 6.44. The van der Waals surface area contributed by atoms with Crippen LogP contribution in [0.1, 0.15) is 44.2 Å². The highest BCUT2D eigenvalue weighted by molar-refractivity contribution is 14.0. The van der Waals surface area contributed by atoms with Gasteiger partial charge in [0.15, 0.2) is 5.96 Å². The zero-order valence-electron chi connectivity index (χ0n) is 18.3. The van der Waals surface area contributed by atoms with Gasteiger partial charge in [-0.15, -0.1) is 24.0 Å². The second kappa shape index (κ2) is 12.4. The molecule has 0 amide bonds. The van der Waals surface area contributed by atoms with Gasteiger partial charge in [0.2, 0.25) is 0 Å². The van der Waals surface area contributed by atoms with Crippen LogP contribution in [0, 0.1) is 12.8 Å². The van der Waals surface area contributed by atoms with Crippen LogP contribution in [0.3, 0.4) is 0 Å². The van der Waals surface area contributed by atoms with Crippen molar-refractivity contribution in [3.63, 3.8) is 0 Å². The van der Waals surface area contributed by atoms with E-state index in [4.69, 9.17) is 4.99 Å². The van der Waals surface area contributed by atoms with E-state index < -0.39 is 0 Å². The van der Waals surface area contributed by atoms with Crippen LogP contribution in [0.2, 0.25) is 0 Å². The van der Waals surface area contributed by atoms with Gasteiger partial charge in [0.05, 0.1) is 0 Å². The first-order chi connectivity index (χ1) is 13.7. The fourth-order valence-electron chi connectivity index (χ4n) is 4.26. The Labute approximate surface area is 193 Å². The Morgan fingerprint density at radius 3 is 2.72 bits per heavy atom. The zero-order valence-corrected chi connectivity index (χ0v) is 20.6. The Bertz CT molecular complexity index is 762. The topological polar surface area (TPSA) is 55.5 Å². The first kappa shape index (κ1) is 24.0. The Hall–Kier alpha value is -1.28. The van der Waals surface area contributed by atoms with E-state index in [2.05, 4.69) is 65.7 Å². The molecule has 2 aromatic rings. The third-order valence-electron chi connectivity index (χ3n) is 5.99. The number of aryl methyl sites for hydroxylation is 1. The molecule has 5 nitrogen and oxygen atoms in total. The molecule has 0 radical (unpaired) electrons. The van der Waals surface area contributed by atoms with Gasteiger partial charge in [-0.05, 0) is 82.3 Å². The van der Waals surface area contributed by atoms with Crippen LogP contribution >= 0.6 is 24.0 Å². The molecule has 0 atom stereocenters. The predicted octanol–water partition coefficient (Wildman–Crippen LogP) is 4.31. The van der Waals surface area contributed by atoms with Crippen LogP contribution in [-0.2, 0) is 6.42 Å². The summed E-state index contributed by atoms with van der Waals surface area (Å²) in [4.78, 5) is 10.8. The van der Waals surface area contributed by atoms with Gasteiger partial charge in [-0.25, -0.2) is 0 Å². The fourth-order valence-corrected chi connectivity index (χ4v) is 4.26. The molecule has 3 N–H and O–H groups in total. The third kappa shape index (κ3) is 6.88. The van der Waals surface area contributed by atoms with E-state index >= 15 is 0 Å². The third-order valence-corrected chi connectivity index (χ3v) is 5.99. The van der Waals surface area contributed by atoms with Crippen molar-refractivity contribution in [1.82, 2.24) is 20.5 Å². The molecule has 0 unspecified atom stereocenters. The fraction of sp³-hybridized carbons (Fsp3) is 0.609. The van der Waals surface area contributed by atoms with Crippen molar-refractivity contribution in [1.29, 1.82) is 0 Å². The number of nitrogens with one attached hydrogen (secondary N) is 3. The molecule has 162 valence electrons. The van der Waals surface area contributed by atoms with Gasteiger partial charge in [-0.2, -0.15) is 0 Å². The summed E-state index contributed by atoms with van der Waals surface area (Å²) in [5, 5.41) is 8.27. The van der Waals surface area contributed by atoms with E-state index in [1.807, 2.05) is 0 Å². The summed E-state index contributed by atoms with van der Waals surface area (Å²) in [6.45, 7) is 13.0. The summed E-state index contributed by atoms with van der Waals surface area (Å²) < 4.78 is 0. The number of rotatable bonds is 8. The number of fused-ring (bicyclic) bond motifs is 1. The van der Waals surface area contributed by atoms with Gasteiger partial charge in [0.1, 0.15) is 0 Å².